The van der Waals surface area contributed by atoms with Crippen molar-refractivity contribution in [3.63, 3.8) is 0 Å². The fourth-order valence-electron chi connectivity index (χ4n) is 4.98. The molecule has 1 N–H and O–H groups in total. The van der Waals surface area contributed by atoms with Gasteiger partial charge in [-0.3, -0.25) is 4.79 Å². The third kappa shape index (κ3) is 6.77. The number of carbonyl (C=O) groups excluding carboxylic acids is 1. The SMILES string of the molecule is CC(C)(C)[Si](C)(C)OC1CCC([C@@H](c2c(Cl)cc(OS(=O)(=O)C(F)(F)F)cc2Cl)C2CCNC2=O)CC1. The van der Waals surface area contributed by atoms with Crippen LogP contribution in [-0.2, 0) is 19.3 Å². The van der Waals surface area contributed by atoms with Crippen molar-refractivity contribution in [1.29, 1.82) is 0 Å². The maximum Gasteiger partial charge on any atom is 0.534 e. The lowest BCUT2D eigenvalue weighted by molar-refractivity contribution is -0.123. The normalized spacial score (nSPS) is 24.6. The van der Waals surface area contributed by atoms with Crippen molar-refractivity contribution >= 4 is 47.5 Å². The Morgan fingerprint density at radius 3 is 2.00 bits per heavy atom. The molecule has 0 spiro atoms. The van der Waals surface area contributed by atoms with Gasteiger partial charge in [0.2, 0.25) is 5.91 Å². The predicted octanol–water partition coefficient (Wildman–Crippen LogP) is 7.02. The first-order valence-electron chi connectivity index (χ1n) is 12.3. The van der Waals surface area contributed by atoms with Gasteiger partial charge in [0.1, 0.15) is 5.75 Å². The number of alkyl halides is 3. The van der Waals surface area contributed by atoms with E-state index < -0.39 is 35.6 Å². The zero-order chi connectivity index (χ0) is 28.0. The largest absolute Gasteiger partial charge is 0.534 e. The molecular weight excluding hydrogens is 570 g/mol. The third-order valence-electron chi connectivity index (χ3n) is 7.89. The van der Waals surface area contributed by atoms with Crippen LogP contribution in [0.1, 0.15) is 64.4 Å². The fourth-order valence-corrected chi connectivity index (χ4v) is 7.57. The van der Waals surface area contributed by atoms with Crippen molar-refractivity contribution < 1.29 is 35.0 Å². The van der Waals surface area contributed by atoms with Crippen molar-refractivity contribution in [3.8, 4) is 5.75 Å². The summed E-state index contributed by atoms with van der Waals surface area (Å²) in [4.78, 5) is 12.7. The summed E-state index contributed by atoms with van der Waals surface area (Å²) in [5.74, 6) is -1.53. The molecule has 1 saturated heterocycles. The standard InChI is InChI=1S/C24H34Cl2F3NO5SSi/c1-23(2,3)37(4,5)35-15-8-6-14(7-9-15)20(17-10-11-30-22(17)31)21-18(25)12-16(13-19(21)26)34-36(32,33)24(27,28)29/h12-15,17,20H,6-11H2,1-5H3,(H,30,31)/t14?,15?,17?,20-/m1/s1. The maximum absolute atomic E-state index is 12.8. The summed E-state index contributed by atoms with van der Waals surface area (Å²) in [6.07, 6.45) is 3.83. The van der Waals surface area contributed by atoms with Crippen molar-refractivity contribution in [2.45, 2.75) is 88.5 Å². The average molecular weight is 605 g/mol. The molecule has 3 rings (SSSR count). The van der Waals surface area contributed by atoms with E-state index >= 15 is 0 Å². The summed E-state index contributed by atoms with van der Waals surface area (Å²) in [5, 5.41) is 2.85. The molecule has 2 fully saturated rings. The van der Waals surface area contributed by atoms with Crippen molar-refractivity contribution in [2.75, 3.05) is 6.54 Å². The van der Waals surface area contributed by atoms with Gasteiger partial charge in [-0.15, -0.1) is 0 Å². The second kappa shape index (κ2) is 10.9. The van der Waals surface area contributed by atoms with Crippen molar-refractivity contribution in [1.82, 2.24) is 5.32 Å². The van der Waals surface area contributed by atoms with Gasteiger partial charge in [-0.25, -0.2) is 0 Å². The number of hydrogen-bond donors (Lipinski definition) is 1. The van der Waals surface area contributed by atoms with Gasteiger partial charge in [-0.2, -0.15) is 21.6 Å². The minimum atomic E-state index is -5.89. The van der Waals surface area contributed by atoms with E-state index in [4.69, 9.17) is 27.6 Å². The Morgan fingerprint density at radius 1 is 1.03 bits per heavy atom. The lowest BCUT2D eigenvalue weighted by atomic mass is 9.70. The van der Waals surface area contributed by atoms with Crippen LogP contribution in [0.3, 0.4) is 0 Å². The van der Waals surface area contributed by atoms with Gasteiger partial charge >= 0.3 is 15.6 Å². The van der Waals surface area contributed by atoms with Crippen LogP contribution in [0.15, 0.2) is 12.1 Å². The Balaban J connectivity index is 1.88. The highest BCUT2D eigenvalue weighted by atomic mass is 35.5. The molecule has 1 saturated carbocycles. The lowest BCUT2D eigenvalue weighted by Gasteiger charge is -2.43. The second-order valence-electron chi connectivity index (χ2n) is 11.4. The van der Waals surface area contributed by atoms with Gasteiger partial charge in [0, 0.05) is 46.7 Å². The Labute approximate surface area is 227 Å². The van der Waals surface area contributed by atoms with Crippen LogP contribution in [0, 0.1) is 11.8 Å². The van der Waals surface area contributed by atoms with Crippen molar-refractivity contribution in [3.05, 3.63) is 27.7 Å². The smallest absolute Gasteiger partial charge is 0.414 e. The molecule has 2 aliphatic rings. The van der Waals surface area contributed by atoms with Crippen LogP contribution < -0.4 is 9.50 Å². The summed E-state index contributed by atoms with van der Waals surface area (Å²) in [5.41, 5.74) is -5.17. The Kier molecular flexibility index (Phi) is 8.96. The van der Waals surface area contributed by atoms with E-state index in [0.29, 0.717) is 18.5 Å². The van der Waals surface area contributed by atoms with E-state index in [1.807, 2.05) is 0 Å². The zero-order valence-corrected chi connectivity index (χ0v) is 24.9. The highest BCUT2D eigenvalue weighted by molar-refractivity contribution is 7.88. The number of nitrogens with one attached hydrogen (secondary N) is 1. The molecule has 1 amide bonds. The quantitative estimate of drug-likeness (QED) is 0.206. The molecule has 1 heterocycles. The molecule has 6 nitrogen and oxygen atoms in total. The van der Waals surface area contributed by atoms with Crippen LogP contribution in [0.4, 0.5) is 13.2 Å². The van der Waals surface area contributed by atoms with Gasteiger partial charge in [0.25, 0.3) is 0 Å². The number of amides is 1. The molecule has 0 aromatic heterocycles. The first-order valence-corrected chi connectivity index (χ1v) is 17.4. The molecule has 1 unspecified atom stereocenters. The third-order valence-corrected chi connectivity index (χ3v) is 14.0. The first-order chi connectivity index (χ1) is 16.8. The second-order valence-corrected chi connectivity index (χ2v) is 18.5. The number of halogens is 5. The summed E-state index contributed by atoms with van der Waals surface area (Å²) < 4.78 is 72.1. The van der Waals surface area contributed by atoms with Gasteiger partial charge in [0.15, 0.2) is 8.32 Å². The van der Waals surface area contributed by atoms with Gasteiger partial charge in [-0.05, 0) is 61.7 Å². The van der Waals surface area contributed by atoms with E-state index in [9.17, 15) is 26.4 Å². The Hall–Kier alpha value is -1.01. The highest BCUT2D eigenvalue weighted by Crippen LogP contribution is 2.49. The number of benzene rings is 1. The molecule has 0 radical (unpaired) electrons. The maximum atomic E-state index is 12.8. The number of rotatable bonds is 7. The zero-order valence-electron chi connectivity index (χ0n) is 21.5. The van der Waals surface area contributed by atoms with Crippen LogP contribution in [0.25, 0.3) is 0 Å². The first kappa shape index (κ1) is 30.5. The lowest BCUT2D eigenvalue weighted by Crippen LogP contribution is -2.45. The number of carbonyl (C=O) groups is 1. The van der Waals surface area contributed by atoms with Gasteiger partial charge in [0.05, 0.1) is 0 Å². The predicted molar refractivity (Wildman–Crippen MR) is 140 cm³/mol. The molecule has 13 heteroatoms. The minimum absolute atomic E-state index is 0.0359. The van der Waals surface area contributed by atoms with Gasteiger partial charge in [-0.1, -0.05) is 44.0 Å². The molecule has 1 aromatic carbocycles. The molecular formula is C24H34Cl2F3NO5SSi. The molecule has 210 valence electrons. The van der Waals surface area contributed by atoms with Crippen LogP contribution >= 0.6 is 23.2 Å². The van der Waals surface area contributed by atoms with E-state index in [-0.39, 0.29) is 38.9 Å². The average Bonchev–Trinajstić information content (AvgIpc) is 3.14. The number of hydrogen-bond acceptors (Lipinski definition) is 5. The van der Waals surface area contributed by atoms with Crippen molar-refractivity contribution in [2.24, 2.45) is 11.8 Å². The fraction of sp³-hybridized carbons (Fsp3) is 0.708. The molecule has 1 aliphatic carbocycles. The molecule has 37 heavy (non-hydrogen) atoms. The van der Waals surface area contributed by atoms with Crippen LogP contribution in [0.2, 0.25) is 28.2 Å². The summed E-state index contributed by atoms with van der Waals surface area (Å²) >= 11 is 13.0. The highest BCUT2D eigenvalue weighted by Gasteiger charge is 2.49. The van der Waals surface area contributed by atoms with Crippen LogP contribution in [0.5, 0.6) is 5.75 Å². The summed E-state index contributed by atoms with van der Waals surface area (Å²) in [6.45, 7) is 11.5. The molecule has 1 aliphatic heterocycles. The van der Waals surface area contributed by atoms with Gasteiger partial charge < -0.3 is 13.9 Å². The molecule has 2 atom stereocenters. The topological polar surface area (TPSA) is 81.7 Å². The van der Waals surface area contributed by atoms with Crippen LogP contribution in [-0.4, -0.2) is 40.8 Å². The van der Waals surface area contributed by atoms with E-state index in [1.54, 1.807) is 0 Å². The Bertz CT molecular complexity index is 1090. The Morgan fingerprint density at radius 2 is 1.57 bits per heavy atom. The summed E-state index contributed by atoms with van der Waals surface area (Å²) in [7, 11) is -7.84. The minimum Gasteiger partial charge on any atom is -0.414 e. The molecule has 0 bridgehead atoms. The van der Waals surface area contributed by atoms with E-state index in [1.165, 1.54) is 0 Å². The molecule has 1 aromatic rings. The van der Waals surface area contributed by atoms with E-state index in [2.05, 4.69) is 43.4 Å². The monoisotopic (exact) mass is 603 g/mol. The van der Waals surface area contributed by atoms with E-state index in [0.717, 1.165) is 37.8 Å². The summed E-state index contributed by atoms with van der Waals surface area (Å²) in [6, 6.07) is 2.02.